The highest BCUT2D eigenvalue weighted by atomic mass is 14.9. The van der Waals surface area contributed by atoms with Crippen LogP contribution in [0.2, 0.25) is 0 Å². The van der Waals surface area contributed by atoms with E-state index in [1.54, 1.807) is 0 Å². The number of hydrogen-bond donors (Lipinski definition) is 1. The minimum absolute atomic E-state index is 0.534. The van der Waals surface area contributed by atoms with E-state index in [1.165, 1.54) is 25.7 Å². The van der Waals surface area contributed by atoms with Crippen molar-refractivity contribution in [3.8, 4) is 12.3 Å². The molecule has 1 aliphatic carbocycles. The number of terminal acetylenes is 1. The highest BCUT2D eigenvalue weighted by molar-refractivity contribution is 4.87. The standard InChI is InChI=1S/C12H21N/c1-4-5-9-13-11-7-6-8-12(2,3)10-11/h1,11,13H,5-10H2,2-3H3. The third kappa shape index (κ3) is 3.83. The molecule has 0 radical (unpaired) electrons. The Balaban J connectivity index is 2.23. The van der Waals surface area contributed by atoms with Gasteiger partial charge in [-0.1, -0.05) is 20.3 Å². The molecule has 74 valence electrons. The molecule has 0 spiro atoms. The molecule has 0 heterocycles. The molecule has 0 saturated heterocycles. The summed E-state index contributed by atoms with van der Waals surface area (Å²) >= 11 is 0. The van der Waals surface area contributed by atoms with Crippen LogP contribution in [0.3, 0.4) is 0 Å². The summed E-state index contributed by atoms with van der Waals surface area (Å²) in [5.74, 6) is 2.67. The Morgan fingerprint density at radius 1 is 1.54 bits per heavy atom. The van der Waals surface area contributed by atoms with Gasteiger partial charge < -0.3 is 5.32 Å². The van der Waals surface area contributed by atoms with Gasteiger partial charge in [0.05, 0.1) is 0 Å². The highest BCUT2D eigenvalue weighted by Crippen LogP contribution is 2.34. The molecule has 0 aromatic rings. The summed E-state index contributed by atoms with van der Waals surface area (Å²) in [5, 5.41) is 3.54. The largest absolute Gasteiger partial charge is 0.313 e. The second-order valence-electron chi connectivity index (χ2n) is 4.87. The normalized spacial score (nSPS) is 26.7. The van der Waals surface area contributed by atoms with E-state index in [4.69, 9.17) is 6.42 Å². The molecular formula is C12H21N. The van der Waals surface area contributed by atoms with Crippen LogP contribution in [-0.4, -0.2) is 12.6 Å². The molecule has 1 nitrogen and oxygen atoms in total. The van der Waals surface area contributed by atoms with Crippen molar-refractivity contribution < 1.29 is 0 Å². The summed E-state index contributed by atoms with van der Waals surface area (Å²) in [6.45, 7) is 5.71. The van der Waals surface area contributed by atoms with Gasteiger partial charge in [0.25, 0.3) is 0 Å². The molecule has 1 unspecified atom stereocenters. The van der Waals surface area contributed by atoms with E-state index >= 15 is 0 Å². The minimum Gasteiger partial charge on any atom is -0.313 e. The van der Waals surface area contributed by atoms with Crippen LogP contribution in [0.15, 0.2) is 0 Å². The van der Waals surface area contributed by atoms with Gasteiger partial charge in [-0.2, -0.15) is 0 Å². The third-order valence-electron chi connectivity index (χ3n) is 2.91. The fraction of sp³-hybridized carbons (Fsp3) is 0.833. The van der Waals surface area contributed by atoms with E-state index in [2.05, 4.69) is 25.1 Å². The molecule has 1 fully saturated rings. The van der Waals surface area contributed by atoms with Crippen LogP contribution in [0, 0.1) is 17.8 Å². The van der Waals surface area contributed by atoms with E-state index in [-0.39, 0.29) is 0 Å². The maximum Gasteiger partial charge on any atom is 0.0211 e. The first-order valence-corrected chi connectivity index (χ1v) is 5.31. The first kappa shape index (κ1) is 10.6. The average Bonchev–Trinajstić information content (AvgIpc) is 2.03. The summed E-state index contributed by atoms with van der Waals surface area (Å²) in [6.07, 6.45) is 11.4. The lowest BCUT2D eigenvalue weighted by Crippen LogP contribution is -2.37. The smallest absolute Gasteiger partial charge is 0.0211 e. The molecule has 0 bridgehead atoms. The predicted molar refractivity (Wildman–Crippen MR) is 57.5 cm³/mol. The predicted octanol–water partition coefficient (Wildman–Crippen LogP) is 2.57. The van der Waals surface area contributed by atoms with Crippen molar-refractivity contribution in [3.05, 3.63) is 0 Å². The van der Waals surface area contributed by atoms with E-state index in [1.807, 2.05) is 0 Å². The molecule has 1 aliphatic rings. The Kier molecular flexibility index (Phi) is 3.81. The lowest BCUT2D eigenvalue weighted by Gasteiger charge is -2.35. The number of rotatable bonds is 3. The SMILES string of the molecule is C#CCCNC1CCCC(C)(C)C1. The van der Waals surface area contributed by atoms with Gasteiger partial charge in [0.15, 0.2) is 0 Å². The van der Waals surface area contributed by atoms with Crippen molar-refractivity contribution in [3.63, 3.8) is 0 Å². The molecule has 0 amide bonds. The molecule has 0 aliphatic heterocycles. The van der Waals surface area contributed by atoms with Crippen molar-refractivity contribution in [1.82, 2.24) is 5.32 Å². The Hall–Kier alpha value is -0.480. The first-order valence-electron chi connectivity index (χ1n) is 5.31. The number of nitrogens with one attached hydrogen (secondary N) is 1. The lowest BCUT2D eigenvalue weighted by molar-refractivity contribution is 0.199. The van der Waals surface area contributed by atoms with Crippen LogP contribution in [0.5, 0.6) is 0 Å². The second-order valence-corrected chi connectivity index (χ2v) is 4.87. The molecule has 1 rings (SSSR count). The summed E-state index contributed by atoms with van der Waals surface area (Å²) in [5.41, 5.74) is 0.534. The van der Waals surface area contributed by atoms with Gasteiger partial charge in [-0.15, -0.1) is 12.3 Å². The van der Waals surface area contributed by atoms with Crippen molar-refractivity contribution in [2.24, 2.45) is 5.41 Å². The first-order chi connectivity index (χ1) is 6.14. The minimum atomic E-state index is 0.534. The zero-order chi connectivity index (χ0) is 9.73. The Morgan fingerprint density at radius 3 is 2.92 bits per heavy atom. The third-order valence-corrected chi connectivity index (χ3v) is 2.91. The maximum absolute atomic E-state index is 5.21. The van der Waals surface area contributed by atoms with E-state index < -0.39 is 0 Å². The summed E-state index contributed by atoms with van der Waals surface area (Å²) < 4.78 is 0. The van der Waals surface area contributed by atoms with Crippen LogP contribution in [0.1, 0.15) is 46.0 Å². The fourth-order valence-corrected chi connectivity index (χ4v) is 2.22. The molecule has 0 aromatic carbocycles. The highest BCUT2D eigenvalue weighted by Gasteiger charge is 2.27. The summed E-state index contributed by atoms with van der Waals surface area (Å²) in [7, 11) is 0. The van der Waals surface area contributed by atoms with Crippen LogP contribution in [0.25, 0.3) is 0 Å². The van der Waals surface area contributed by atoms with E-state index in [0.717, 1.165) is 13.0 Å². The molecular weight excluding hydrogens is 158 g/mol. The van der Waals surface area contributed by atoms with Gasteiger partial charge >= 0.3 is 0 Å². The Morgan fingerprint density at radius 2 is 2.31 bits per heavy atom. The molecule has 1 atom stereocenters. The number of hydrogen-bond acceptors (Lipinski definition) is 1. The molecule has 0 aromatic heterocycles. The maximum atomic E-state index is 5.21. The van der Waals surface area contributed by atoms with Crippen LogP contribution < -0.4 is 5.32 Å². The Bertz CT molecular complexity index is 188. The van der Waals surface area contributed by atoms with E-state index in [9.17, 15) is 0 Å². The summed E-state index contributed by atoms with van der Waals surface area (Å²) in [6, 6.07) is 0.706. The van der Waals surface area contributed by atoms with Crippen molar-refractivity contribution in [1.29, 1.82) is 0 Å². The van der Waals surface area contributed by atoms with Gasteiger partial charge in [0.2, 0.25) is 0 Å². The van der Waals surface area contributed by atoms with Crippen molar-refractivity contribution >= 4 is 0 Å². The fourth-order valence-electron chi connectivity index (χ4n) is 2.22. The van der Waals surface area contributed by atoms with Gasteiger partial charge in [0, 0.05) is 19.0 Å². The molecule has 13 heavy (non-hydrogen) atoms. The zero-order valence-corrected chi connectivity index (χ0v) is 8.90. The quantitative estimate of drug-likeness (QED) is 0.518. The van der Waals surface area contributed by atoms with E-state index in [0.29, 0.717) is 11.5 Å². The van der Waals surface area contributed by atoms with Crippen LogP contribution >= 0.6 is 0 Å². The van der Waals surface area contributed by atoms with Crippen molar-refractivity contribution in [2.45, 2.75) is 52.0 Å². The van der Waals surface area contributed by atoms with Crippen LogP contribution in [-0.2, 0) is 0 Å². The van der Waals surface area contributed by atoms with Crippen LogP contribution in [0.4, 0.5) is 0 Å². The topological polar surface area (TPSA) is 12.0 Å². The van der Waals surface area contributed by atoms with Gasteiger partial charge in [0.1, 0.15) is 0 Å². The molecule has 1 N–H and O–H groups in total. The summed E-state index contributed by atoms with van der Waals surface area (Å²) in [4.78, 5) is 0. The lowest BCUT2D eigenvalue weighted by atomic mass is 9.75. The molecule has 1 saturated carbocycles. The van der Waals surface area contributed by atoms with Gasteiger partial charge in [-0.25, -0.2) is 0 Å². The van der Waals surface area contributed by atoms with Gasteiger partial charge in [-0.05, 0) is 24.7 Å². The monoisotopic (exact) mass is 179 g/mol. The molecule has 1 heteroatoms. The van der Waals surface area contributed by atoms with Crippen molar-refractivity contribution in [2.75, 3.05) is 6.54 Å². The average molecular weight is 179 g/mol. The van der Waals surface area contributed by atoms with Gasteiger partial charge in [-0.3, -0.25) is 0 Å². The zero-order valence-electron chi connectivity index (χ0n) is 8.90. The Labute approximate surface area is 82.3 Å². The second kappa shape index (κ2) is 4.67.